The minimum absolute atomic E-state index is 0.0670. The Morgan fingerprint density at radius 2 is 1.95 bits per heavy atom. The Hall–Kier alpha value is -3.42. The molecule has 1 saturated heterocycles. The Labute approximate surface area is 241 Å². The van der Waals surface area contributed by atoms with E-state index in [0.717, 1.165) is 33.8 Å². The highest BCUT2D eigenvalue weighted by atomic mass is 35.5. The van der Waals surface area contributed by atoms with Crippen molar-refractivity contribution in [1.82, 2.24) is 15.2 Å². The van der Waals surface area contributed by atoms with Gasteiger partial charge >= 0.3 is 0 Å². The summed E-state index contributed by atoms with van der Waals surface area (Å²) < 4.78 is 0. The Morgan fingerprint density at radius 3 is 2.67 bits per heavy atom. The number of aromatic nitrogens is 1. The lowest BCUT2D eigenvalue weighted by atomic mass is 9.86. The van der Waals surface area contributed by atoms with Crippen LogP contribution in [-0.4, -0.2) is 40.0 Å². The molecule has 0 unspecified atom stereocenters. The number of anilines is 2. The molecule has 0 spiro atoms. The van der Waals surface area contributed by atoms with Crippen LogP contribution in [0.5, 0.6) is 0 Å². The molecule has 0 bridgehead atoms. The van der Waals surface area contributed by atoms with Gasteiger partial charge in [0.1, 0.15) is 0 Å². The number of amides is 1. The second-order valence-electron chi connectivity index (χ2n) is 10.9. The molecular formula is C31H34ClN5OS. The minimum Gasteiger partial charge on any atom is -0.365 e. The molecule has 3 heterocycles. The summed E-state index contributed by atoms with van der Waals surface area (Å²) in [5, 5.41) is 7.72. The number of likely N-dealkylation sites (N-methyl/N-ethyl adjacent to an activating group) is 1. The van der Waals surface area contributed by atoms with Crippen LogP contribution in [-0.2, 0) is 4.79 Å². The molecular weight excluding hydrogens is 526 g/mol. The van der Waals surface area contributed by atoms with Crippen molar-refractivity contribution < 1.29 is 4.79 Å². The molecule has 202 valence electrons. The van der Waals surface area contributed by atoms with Gasteiger partial charge in [0.2, 0.25) is 5.91 Å². The highest BCUT2D eigenvalue weighted by Crippen LogP contribution is 2.46. The lowest BCUT2D eigenvalue weighted by Crippen LogP contribution is -2.42. The van der Waals surface area contributed by atoms with E-state index >= 15 is 0 Å². The van der Waals surface area contributed by atoms with Gasteiger partial charge in [-0.25, -0.2) is 0 Å². The number of aryl methyl sites for hydroxylation is 1. The van der Waals surface area contributed by atoms with Crippen molar-refractivity contribution in [1.29, 1.82) is 0 Å². The van der Waals surface area contributed by atoms with Gasteiger partial charge in [0.15, 0.2) is 5.11 Å². The zero-order chi connectivity index (χ0) is 27.9. The maximum absolute atomic E-state index is 12.9. The Balaban J connectivity index is 1.49. The van der Waals surface area contributed by atoms with E-state index in [4.69, 9.17) is 23.8 Å². The summed E-state index contributed by atoms with van der Waals surface area (Å²) in [5.74, 6) is -0.0670. The molecule has 1 fully saturated rings. The third-order valence-electron chi connectivity index (χ3n) is 7.73. The van der Waals surface area contributed by atoms with E-state index in [-0.39, 0.29) is 30.0 Å². The number of hydrogen-bond donors (Lipinski definition) is 2. The number of pyridine rings is 1. The molecule has 2 aromatic carbocycles. The largest absolute Gasteiger partial charge is 0.365 e. The first-order valence-corrected chi connectivity index (χ1v) is 14.0. The van der Waals surface area contributed by atoms with Gasteiger partial charge < -0.3 is 20.4 Å². The van der Waals surface area contributed by atoms with E-state index in [0.29, 0.717) is 16.7 Å². The van der Waals surface area contributed by atoms with Crippen molar-refractivity contribution in [2.45, 2.75) is 51.7 Å². The second kappa shape index (κ2) is 10.6. The van der Waals surface area contributed by atoms with Gasteiger partial charge in [0, 0.05) is 48.2 Å². The van der Waals surface area contributed by atoms with Gasteiger partial charge in [0.25, 0.3) is 0 Å². The first-order chi connectivity index (χ1) is 18.5. The highest BCUT2D eigenvalue weighted by Gasteiger charge is 2.41. The van der Waals surface area contributed by atoms with Crippen LogP contribution < -0.4 is 15.5 Å². The lowest BCUT2D eigenvalue weighted by molar-refractivity contribution is -0.116. The van der Waals surface area contributed by atoms with Crippen LogP contribution in [0.25, 0.3) is 5.57 Å². The quantitative estimate of drug-likeness (QED) is 0.329. The molecule has 2 N–H and O–H groups in total. The smallest absolute Gasteiger partial charge is 0.226 e. The number of nitrogens with one attached hydrogen (secondary N) is 2. The van der Waals surface area contributed by atoms with Crippen LogP contribution in [0.3, 0.4) is 0 Å². The van der Waals surface area contributed by atoms with Crippen molar-refractivity contribution >= 4 is 51.8 Å². The first kappa shape index (κ1) is 27.2. The van der Waals surface area contributed by atoms with Crippen molar-refractivity contribution in [3.63, 3.8) is 0 Å². The van der Waals surface area contributed by atoms with Crippen molar-refractivity contribution in [3.05, 3.63) is 94.3 Å². The molecule has 0 saturated carbocycles. The number of hydrogen-bond acceptors (Lipinski definition) is 4. The molecule has 5 rings (SSSR count). The molecule has 0 radical (unpaired) electrons. The minimum atomic E-state index is -0.231. The number of carbonyl (C=O) groups excluding carboxylic acids is 1. The molecule has 3 aromatic rings. The maximum Gasteiger partial charge on any atom is 0.226 e. The number of allylic oxidation sites excluding steroid dienone is 1. The number of halogens is 1. The van der Waals surface area contributed by atoms with Crippen LogP contribution in [0.1, 0.15) is 61.7 Å². The van der Waals surface area contributed by atoms with E-state index in [1.807, 2.05) is 49.4 Å². The molecule has 1 amide bonds. The van der Waals surface area contributed by atoms with Gasteiger partial charge in [-0.1, -0.05) is 35.9 Å². The van der Waals surface area contributed by atoms with Gasteiger partial charge in [0.05, 0.1) is 23.3 Å². The van der Waals surface area contributed by atoms with Crippen LogP contribution in [0.4, 0.5) is 11.4 Å². The zero-order valence-corrected chi connectivity index (χ0v) is 24.5. The SMILES string of the molecule is CC1=CC(C)(C)N(C)c2cc(Cl)c([C@@H]3[C@@H](c4ccccn4)NC(=S)N3CCC(=O)Nc3cccc(C)c3)cc21. The maximum atomic E-state index is 12.9. The monoisotopic (exact) mass is 559 g/mol. The summed E-state index contributed by atoms with van der Waals surface area (Å²) in [4.78, 5) is 21.9. The number of fused-ring (bicyclic) bond motifs is 1. The average molecular weight is 560 g/mol. The first-order valence-electron chi connectivity index (χ1n) is 13.2. The number of rotatable bonds is 6. The molecule has 39 heavy (non-hydrogen) atoms. The standard InChI is InChI=1S/C31H34ClN5OS/c1-19-9-8-10-21(15-19)34-27(38)12-14-37-29(28(35-30(37)39)25-11-6-7-13-33-25)23-16-22-20(2)18-31(3,4)36(5)26(22)17-24(23)32/h6-11,13,15-18,28-29H,12,14H2,1-5H3,(H,34,38)(H,35,39)/t28-,29-/m1/s1. The normalized spacial score (nSPS) is 19.8. The molecule has 0 aliphatic carbocycles. The third kappa shape index (κ3) is 5.38. The zero-order valence-electron chi connectivity index (χ0n) is 23.0. The van der Waals surface area contributed by atoms with Crippen molar-refractivity contribution in [2.24, 2.45) is 0 Å². The summed E-state index contributed by atoms with van der Waals surface area (Å²) in [7, 11) is 2.10. The van der Waals surface area contributed by atoms with Crippen molar-refractivity contribution in [3.8, 4) is 0 Å². The topological polar surface area (TPSA) is 60.5 Å². The van der Waals surface area contributed by atoms with Gasteiger partial charge in [-0.3, -0.25) is 9.78 Å². The number of carbonyl (C=O) groups is 1. The van der Waals surface area contributed by atoms with E-state index < -0.39 is 0 Å². The number of benzene rings is 2. The van der Waals surface area contributed by atoms with Crippen LogP contribution in [0.15, 0.2) is 66.9 Å². The van der Waals surface area contributed by atoms with E-state index in [2.05, 4.69) is 71.4 Å². The number of thiocarbonyl (C=S) groups is 1. The predicted octanol–water partition coefficient (Wildman–Crippen LogP) is 6.68. The Kier molecular flexibility index (Phi) is 7.40. The Morgan fingerprint density at radius 1 is 1.15 bits per heavy atom. The molecule has 2 aliphatic heterocycles. The van der Waals surface area contributed by atoms with Gasteiger partial charge in [-0.15, -0.1) is 0 Å². The molecule has 2 atom stereocenters. The summed E-state index contributed by atoms with van der Waals surface area (Å²) in [5.41, 5.74) is 7.04. The van der Waals surface area contributed by atoms with Gasteiger partial charge in [-0.2, -0.15) is 0 Å². The van der Waals surface area contributed by atoms with E-state index in [1.54, 1.807) is 6.20 Å². The van der Waals surface area contributed by atoms with Crippen LogP contribution in [0, 0.1) is 6.92 Å². The summed E-state index contributed by atoms with van der Waals surface area (Å²) in [6.45, 7) is 8.98. The highest BCUT2D eigenvalue weighted by molar-refractivity contribution is 7.80. The lowest BCUT2D eigenvalue weighted by Gasteiger charge is -2.41. The van der Waals surface area contributed by atoms with E-state index in [1.165, 1.54) is 5.57 Å². The molecule has 1 aromatic heterocycles. The second-order valence-corrected chi connectivity index (χ2v) is 11.7. The molecule has 6 nitrogen and oxygen atoms in total. The fourth-order valence-electron chi connectivity index (χ4n) is 5.57. The summed E-state index contributed by atoms with van der Waals surface area (Å²) in [6, 6.07) is 17.5. The Bertz CT molecular complexity index is 1450. The summed E-state index contributed by atoms with van der Waals surface area (Å²) >= 11 is 12.9. The third-order valence-corrected chi connectivity index (χ3v) is 8.41. The van der Waals surface area contributed by atoms with Crippen LogP contribution in [0.2, 0.25) is 5.02 Å². The number of nitrogens with zero attached hydrogens (tertiary/aromatic N) is 3. The molecule has 8 heteroatoms. The average Bonchev–Trinajstić information content (AvgIpc) is 3.22. The van der Waals surface area contributed by atoms with Gasteiger partial charge in [-0.05, 0) is 93.0 Å². The fraction of sp³-hybridized carbons (Fsp3) is 0.323. The predicted molar refractivity (Wildman–Crippen MR) is 164 cm³/mol. The van der Waals surface area contributed by atoms with E-state index in [9.17, 15) is 4.79 Å². The molecule has 2 aliphatic rings. The fourth-order valence-corrected chi connectivity index (χ4v) is 6.17. The van der Waals surface area contributed by atoms with Crippen LogP contribution >= 0.6 is 23.8 Å². The summed E-state index contributed by atoms with van der Waals surface area (Å²) in [6.07, 6.45) is 4.35. The van der Waals surface area contributed by atoms with Crippen molar-refractivity contribution in [2.75, 3.05) is 23.8 Å².